The van der Waals surface area contributed by atoms with Crippen molar-refractivity contribution in [1.29, 1.82) is 0 Å². The summed E-state index contributed by atoms with van der Waals surface area (Å²) in [5.74, 6) is 0.569. The molecule has 0 amide bonds. The highest BCUT2D eigenvalue weighted by Crippen LogP contribution is 2.25. The van der Waals surface area contributed by atoms with E-state index >= 15 is 0 Å². The highest BCUT2D eigenvalue weighted by molar-refractivity contribution is 5.52. The quantitative estimate of drug-likeness (QED) is 0.678. The van der Waals surface area contributed by atoms with Gasteiger partial charge in [0.15, 0.2) is 0 Å². The van der Waals surface area contributed by atoms with Crippen molar-refractivity contribution in [2.75, 3.05) is 7.11 Å². The monoisotopic (exact) mass is 300 g/mol. The first-order chi connectivity index (χ1) is 10.5. The van der Waals surface area contributed by atoms with Gasteiger partial charge in [0.05, 0.1) is 20.0 Å². The van der Waals surface area contributed by atoms with Gasteiger partial charge < -0.3 is 10.5 Å². The van der Waals surface area contributed by atoms with Gasteiger partial charge in [-0.25, -0.2) is 4.39 Å². The number of nitrogens with zero attached hydrogens (tertiary/aromatic N) is 1. The van der Waals surface area contributed by atoms with Crippen LogP contribution < -0.4 is 10.5 Å². The Morgan fingerprint density at radius 3 is 2.50 bits per heavy atom. The lowest BCUT2D eigenvalue weighted by Crippen LogP contribution is -2.00. The maximum atomic E-state index is 13.6. The van der Waals surface area contributed by atoms with E-state index in [1.54, 1.807) is 13.2 Å². The molecule has 0 aliphatic rings. The SMILES string of the molecule is COc1cc(CN=CN)c(C)c(Cc2cc(C)cc(F)c2)c1. The second-order valence-electron chi connectivity index (χ2n) is 5.37. The zero-order valence-corrected chi connectivity index (χ0v) is 13.2. The summed E-state index contributed by atoms with van der Waals surface area (Å²) in [4.78, 5) is 4.09. The molecule has 116 valence electrons. The number of ether oxygens (including phenoxy) is 1. The molecule has 0 heterocycles. The van der Waals surface area contributed by atoms with Gasteiger partial charge in [-0.3, -0.25) is 4.99 Å². The molecule has 0 aromatic heterocycles. The summed E-state index contributed by atoms with van der Waals surface area (Å²) < 4.78 is 18.9. The number of benzene rings is 2. The van der Waals surface area contributed by atoms with Crippen molar-refractivity contribution < 1.29 is 9.13 Å². The predicted octanol–water partition coefficient (Wildman–Crippen LogP) is 3.53. The Balaban J connectivity index is 2.40. The third-order valence-electron chi connectivity index (χ3n) is 3.70. The van der Waals surface area contributed by atoms with Gasteiger partial charge in [-0.15, -0.1) is 0 Å². The van der Waals surface area contributed by atoms with Crippen molar-refractivity contribution in [3.8, 4) is 5.75 Å². The average Bonchev–Trinajstić information content (AvgIpc) is 2.47. The molecule has 3 nitrogen and oxygen atoms in total. The van der Waals surface area contributed by atoms with Crippen LogP contribution in [0.4, 0.5) is 4.39 Å². The molecule has 0 saturated heterocycles. The van der Waals surface area contributed by atoms with Crippen molar-refractivity contribution in [3.05, 3.63) is 64.0 Å². The zero-order valence-electron chi connectivity index (χ0n) is 13.2. The van der Waals surface area contributed by atoms with Gasteiger partial charge in [0.1, 0.15) is 11.6 Å². The molecule has 2 rings (SSSR count). The number of hydrogen-bond acceptors (Lipinski definition) is 2. The Kier molecular flexibility index (Phi) is 5.15. The van der Waals surface area contributed by atoms with Crippen LogP contribution in [0.2, 0.25) is 0 Å². The summed E-state index contributed by atoms with van der Waals surface area (Å²) in [6.07, 6.45) is 1.95. The van der Waals surface area contributed by atoms with E-state index in [2.05, 4.69) is 4.99 Å². The smallest absolute Gasteiger partial charge is 0.123 e. The second kappa shape index (κ2) is 7.07. The van der Waals surface area contributed by atoms with Gasteiger partial charge in [0.25, 0.3) is 0 Å². The van der Waals surface area contributed by atoms with Gasteiger partial charge in [-0.1, -0.05) is 6.07 Å². The topological polar surface area (TPSA) is 47.6 Å². The number of aryl methyl sites for hydroxylation is 1. The minimum Gasteiger partial charge on any atom is -0.497 e. The van der Waals surface area contributed by atoms with Crippen LogP contribution in [0.1, 0.15) is 27.8 Å². The molecule has 4 heteroatoms. The maximum Gasteiger partial charge on any atom is 0.123 e. The fourth-order valence-corrected chi connectivity index (χ4v) is 2.56. The number of halogens is 1. The minimum atomic E-state index is -0.205. The number of rotatable bonds is 5. The van der Waals surface area contributed by atoms with E-state index in [-0.39, 0.29) is 5.82 Å². The first kappa shape index (κ1) is 16.0. The van der Waals surface area contributed by atoms with E-state index in [0.29, 0.717) is 13.0 Å². The molecular weight excluding hydrogens is 279 g/mol. The van der Waals surface area contributed by atoms with Crippen molar-refractivity contribution in [3.63, 3.8) is 0 Å². The second-order valence-corrected chi connectivity index (χ2v) is 5.37. The van der Waals surface area contributed by atoms with Gasteiger partial charge in [0.2, 0.25) is 0 Å². The van der Waals surface area contributed by atoms with Crippen LogP contribution in [0, 0.1) is 19.7 Å². The molecule has 0 spiro atoms. The van der Waals surface area contributed by atoms with Crippen molar-refractivity contribution in [2.24, 2.45) is 10.7 Å². The minimum absolute atomic E-state index is 0.205. The fraction of sp³-hybridized carbons (Fsp3) is 0.278. The van der Waals surface area contributed by atoms with E-state index in [0.717, 1.165) is 33.6 Å². The van der Waals surface area contributed by atoms with Crippen LogP contribution in [0.5, 0.6) is 5.75 Å². The van der Waals surface area contributed by atoms with Crippen LogP contribution in [-0.4, -0.2) is 13.4 Å². The maximum absolute atomic E-state index is 13.6. The highest BCUT2D eigenvalue weighted by atomic mass is 19.1. The van der Waals surface area contributed by atoms with Crippen LogP contribution >= 0.6 is 0 Å². The predicted molar refractivity (Wildman–Crippen MR) is 88.1 cm³/mol. The van der Waals surface area contributed by atoms with Gasteiger partial charge in [0, 0.05) is 0 Å². The average molecular weight is 300 g/mol. The molecular formula is C18H21FN2O. The molecule has 0 aliphatic carbocycles. The molecule has 0 atom stereocenters. The van der Waals surface area contributed by atoms with Crippen molar-refractivity contribution in [2.45, 2.75) is 26.8 Å². The number of methoxy groups -OCH3 is 1. The molecule has 0 radical (unpaired) electrons. The summed E-state index contributed by atoms with van der Waals surface area (Å²) in [5, 5.41) is 0. The standard InChI is InChI=1S/C18H21FN2O/c1-12-4-14(7-17(19)5-12)6-15-8-18(22-3)9-16(13(15)2)10-21-11-20/h4-5,7-9,11H,6,10H2,1-3H3,(H2,20,21). The van der Waals surface area contributed by atoms with Crippen LogP contribution in [0.3, 0.4) is 0 Å². The summed E-state index contributed by atoms with van der Waals surface area (Å²) >= 11 is 0. The first-order valence-corrected chi connectivity index (χ1v) is 7.16. The zero-order chi connectivity index (χ0) is 16.1. The Morgan fingerprint density at radius 2 is 1.86 bits per heavy atom. The summed E-state index contributed by atoms with van der Waals surface area (Å²) in [7, 11) is 1.64. The van der Waals surface area contributed by atoms with E-state index in [4.69, 9.17) is 10.5 Å². The fourth-order valence-electron chi connectivity index (χ4n) is 2.56. The highest BCUT2D eigenvalue weighted by Gasteiger charge is 2.09. The van der Waals surface area contributed by atoms with Gasteiger partial charge >= 0.3 is 0 Å². The van der Waals surface area contributed by atoms with Crippen LogP contribution in [-0.2, 0) is 13.0 Å². The lowest BCUT2D eigenvalue weighted by Gasteiger charge is -2.13. The molecule has 22 heavy (non-hydrogen) atoms. The van der Waals surface area contributed by atoms with Crippen LogP contribution in [0.25, 0.3) is 0 Å². The molecule has 0 aliphatic heterocycles. The Hall–Kier alpha value is -2.36. The third-order valence-corrected chi connectivity index (χ3v) is 3.70. The van der Waals surface area contributed by atoms with Crippen LogP contribution in [0.15, 0.2) is 35.3 Å². The molecule has 0 bridgehead atoms. The lowest BCUT2D eigenvalue weighted by atomic mass is 9.95. The largest absolute Gasteiger partial charge is 0.497 e. The number of hydrogen-bond donors (Lipinski definition) is 1. The van der Waals surface area contributed by atoms with E-state index in [1.807, 2.05) is 32.0 Å². The summed E-state index contributed by atoms with van der Waals surface area (Å²) in [5.41, 5.74) is 10.5. The molecule has 2 aromatic carbocycles. The summed E-state index contributed by atoms with van der Waals surface area (Å²) in [6.45, 7) is 4.45. The molecule has 0 fully saturated rings. The van der Waals surface area contributed by atoms with E-state index < -0.39 is 0 Å². The molecule has 2 N–H and O–H groups in total. The molecule has 0 saturated carbocycles. The van der Waals surface area contributed by atoms with Crippen molar-refractivity contribution in [1.82, 2.24) is 0 Å². The van der Waals surface area contributed by atoms with Gasteiger partial charge in [-0.2, -0.15) is 0 Å². The first-order valence-electron chi connectivity index (χ1n) is 7.16. The Morgan fingerprint density at radius 1 is 1.14 bits per heavy atom. The van der Waals surface area contributed by atoms with Gasteiger partial charge in [-0.05, 0) is 72.4 Å². The third kappa shape index (κ3) is 3.85. The normalized spacial score (nSPS) is 11.1. The van der Waals surface area contributed by atoms with E-state index in [9.17, 15) is 4.39 Å². The Bertz CT molecular complexity index is 675. The number of aliphatic imine (C=N–C) groups is 1. The Labute approximate surface area is 130 Å². The number of nitrogens with two attached hydrogens (primary N) is 1. The molecule has 2 aromatic rings. The van der Waals surface area contributed by atoms with Crippen molar-refractivity contribution >= 4 is 6.34 Å². The lowest BCUT2D eigenvalue weighted by molar-refractivity contribution is 0.413. The van der Waals surface area contributed by atoms with E-state index in [1.165, 1.54) is 12.4 Å². The summed E-state index contributed by atoms with van der Waals surface area (Å²) in [6, 6.07) is 9.06. The molecule has 0 unspecified atom stereocenters.